The highest BCUT2D eigenvalue weighted by Crippen LogP contribution is 2.37. The van der Waals surface area contributed by atoms with Gasteiger partial charge in [0.05, 0.1) is 0 Å². The molecule has 0 aliphatic rings. The fourth-order valence-corrected chi connectivity index (χ4v) is 6.87. The molecule has 8 heteroatoms. The van der Waals surface area contributed by atoms with Gasteiger partial charge in [0.15, 0.2) is 0 Å². The third-order valence-electron chi connectivity index (χ3n) is 3.81. The summed E-state index contributed by atoms with van der Waals surface area (Å²) in [6.45, 7) is 3.91. The molecule has 26 heavy (non-hydrogen) atoms. The van der Waals surface area contributed by atoms with Crippen molar-refractivity contribution in [3.63, 3.8) is 0 Å². The second-order valence-corrected chi connectivity index (χ2v) is 12.2. The van der Waals surface area contributed by atoms with Gasteiger partial charge < -0.3 is 0 Å². The maximum absolute atomic E-state index is 11.3. The Morgan fingerprint density at radius 3 is 2.12 bits per heavy atom. The molecule has 4 aromatic rings. The maximum atomic E-state index is 11.3. The van der Waals surface area contributed by atoms with E-state index in [1.54, 1.807) is 18.3 Å². The first-order valence-electron chi connectivity index (χ1n) is 7.43. The Morgan fingerprint density at radius 2 is 1.50 bits per heavy atom. The van der Waals surface area contributed by atoms with E-state index in [0.717, 1.165) is 19.0 Å². The van der Waals surface area contributed by atoms with Gasteiger partial charge in [-0.25, -0.2) is 8.42 Å². The highest BCUT2D eigenvalue weighted by Gasteiger charge is 2.19. The fraction of sp³-hybridized carbons (Fsp3) is 0.111. The van der Waals surface area contributed by atoms with Crippen LogP contribution in [-0.2, 0) is 9.05 Å². The summed E-state index contributed by atoms with van der Waals surface area (Å²) in [5.74, 6) is 0. The summed E-state index contributed by atoms with van der Waals surface area (Å²) in [6, 6.07) is 12.1. The average Bonchev–Trinajstić information content (AvgIpc) is 3.09. The van der Waals surface area contributed by atoms with Crippen LogP contribution in [0.15, 0.2) is 54.9 Å². The van der Waals surface area contributed by atoms with Gasteiger partial charge in [0.2, 0.25) is 0 Å². The van der Waals surface area contributed by atoms with Crippen LogP contribution in [0, 0.1) is 13.8 Å². The summed E-state index contributed by atoms with van der Waals surface area (Å²) in [4.78, 5) is 0. The van der Waals surface area contributed by atoms with Gasteiger partial charge >= 0.3 is 0 Å². The number of rotatable bonds is 1. The number of hydrogen-bond acceptors (Lipinski definition) is 4. The van der Waals surface area contributed by atoms with Crippen molar-refractivity contribution < 1.29 is 8.42 Å². The maximum Gasteiger partial charge on any atom is 0.271 e. The van der Waals surface area contributed by atoms with E-state index in [-0.39, 0.29) is 4.21 Å². The van der Waals surface area contributed by atoms with E-state index < -0.39 is 9.05 Å². The van der Waals surface area contributed by atoms with Crippen LogP contribution in [0.3, 0.4) is 0 Å². The van der Waals surface area contributed by atoms with Gasteiger partial charge in [0, 0.05) is 29.0 Å². The van der Waals surface area contributed by atoms with Crippen molar-refractivity contribution in [3.8, 4) is 0 Å². The van der Waals surface area contributed by atoms with Crippen LogP contribution in [0.5, 0.6) is 0 Å². The predicted octanol–water partition coefficient (Wildman–Crippen LogP) is 7.87. The largest absolute Gasteiger partial charge is 0.271 e. The van der Waals surface area contributed by atoms with Crippen molar-refractivity contribution in [2.45, 2.75) is 18.1 Å². The van der Waals surface area contributed by atoms with Crippen LogP contribution in [0.2, 0.25) is 0 Å². The van der Waals surface area contributed by atoms with Crippen molar-refractivity contribution in [1.82, 2.24) is 0 Å². The molecule has 0 unspecified atom stereocenters. The molecule has 136 valence electrons. The van der Waals surface area contributed by atoms with Gasteiger partial charge in [0.25, 0.3) is 9.05 Å². The molecular weight excluding hydrogens is 540 g/mol. The van der Waals surface area contributed by atoms with Crippen molar-refractivity contribution >= 4 is 94.4 Å². The Hall–Kier alpha value is -0.440. The monoisotopic (exact) mass is 550 g/mol. The first-order valence-corrected chi connectivity index (χ1v) is 13.0. The number of benzene rings is 2. The Kier molecular flexibility index (Phi) is 6.16. The smallest absolute Gasteiger partial charge is 0.206 e. The molecule has 0 aliphatic heterocycles. The summed E-state index contributed by atoms with van der Waals surface area (Å²) in [5, 5.41) is 4.48. The van der Waals surface area contributed by atoms with E-state index in [4.69, 9.17) is 10.7 Å². The van der Waals surface area contributed by atoms with E-state index in [1.807, 2.05) is 18.2 Å². The molecule has 0 bridgehead atoms. The lowest BCUT2D eigenvalue weighted by molar-refractivity contribution is 0.611. The Balaban J connectivity index is 0.000000158. The summed E-state index contributed by atoms with van der Waals surface area (Å²) in [5.41, 5.74) is 2.08. The third-order valence-corrected chi connectivity index (χ3v) is 9.34. The van der Waals surface area contributed by atoms with E-state index in [0.29, 0.717) is 5.56 Å². The highest BCUT2D eigenvalue weighted by molar-refractivity contribution is 9.10. The number of aryl methyl sites for hydroxylation is 2. The van der Waals surface area contributed by atoms with Gasteiger partial charge in [-0.3, -0.25) is 0 Å². The molecule has 0 amide bonds. The Bertz CT molecular complexity index is 1210. The van der Waals surface area contributed by atoms with Crippen LogP contribution >= 0.6 is 65.2 Å². The van der Waals surface area contributed by atoms with Crippen molar-refractivity contribution in [2.24, 2.45) is 0 Å². The standard InChI is InChI=1S/C9H6BrClO2S2.C9H7BrS/c1-5-7-4-6(10)2-3-8(7)14-9(5)15(11,12)13;1-6-5-11-9-3-2-7(10)4-8(6)9/h2-4H,1H3;2-5H,1H3. The molecule has 2 heterocycles. The normalized spacial score (nSPS) is 11.6. The first-order chi connectivity index (χ1) is 12.2. The zero-order chi connectivity index (χ0) is 19.1. The minimum atomic E-state index is -3.63. The van der Waals surface area contributed by atoms with E-state index in [1.165, 1.54) is 27.0 Å². The van der Waals surface area contributed by atoms with Crippen molar-refractivity contribution in [1.29, 1.82) is 0 Å². The molecule has 2 nitrogen and oxygen atoms in total. The molecule has 4 rings (SSSR count). The minimum absolute atomic E-state index is 0.234. The average molecular weight is 553 g/mol. The second kappa shape index (κ2) is 7.89. The minimum Gasteiger partial charge on any atom is -0.206 e. The molecule has 2 aromatic carbocycles. The Labute approximate surface area is 181 Å². The molecule has 0 saturated carbocycles. The van der Waals surface area contributed by atoms with Gasteiger partial charge in [-0.15, -0.1) is 22.7 Å². The number of thiophene rings is 2. The first kappa shape index (κ1) is 20.3. The molecule has 0 atom stereocenters. The summed E-state index contributed by atoms with van der Waals surface area (Å²) >= 11 is 9.80. The van der Waals surface area contributed by atoms with Gasteiger partial charge in [0.1, 0.15) is 4.21 Å². The van der Waals surface area contributed by atoms with Crippen LogP contribution < -0.4 is 0 Å². The SMILES string of the molecule is Cc1c(S(=O)(=O)Cl)sc2ccc(Br)cc12.Cc1csc2ccc(Br)cc12. The topological polar surface area (TPSA) is 34.1 Å². The quantitative estimate of drug-likeness (QED) is 0.225. The van der Waals surface area contributed by atoms with Crippen LogP contribution in [-0.4, -0.2) is 8.42 Å². The molecule has 0 radical (unpaired) electrons. The zero-order valence-corrected chi connectivity index (χ0v) is 20.1. The molecular formula is C18H13Br2ClO2S3. The zero-order valence-electron chi connectivity index (χ0n) is 13.7. The second-order valence-electron chi connectivity index (χ2n) is 5.65. The predicted molar refractivity (Wildman–Crippen MR) is 122 cm³/mol. The van der Waals surface area contributed by atoms with Crippen LogP contribution in [0.25, 0.3) is 20.2 Å². The summed E-state index contributed by atoms with van der Waals surface area (Å²) in [7, 11) is 1.71. The summed E-state index contributed by atoms with van der Waals surface area (Å²) < 4.78 is 27.2. The van der Waals surface area contributed by atoms with E-state index in [9.17, 15) is 8.42 Å². The number of fused-ring (bicyclic) bond motifs is 2. The van der Waals surface area contributed by atoms with E-state index in [2.05, 4.69) is 62.4 Å². The fourth-order valence-electron chi connectivity index (χ4n) is 2.53. The van der Waals surface area contributed by atoms with Gasteiger partial charge in [-0.1, -0.05) is 31.9 Å². The van der Waals surface area contributed by atoms with Gasteiger partial charge in [-0.2, -0.15) is 0 Å². The lowest BCUT2D eigenvalue weighted by atomic mass is 10.2. The van der Waals surface area contributed by atoms with Crippen molar-refractivity contribution in [2.75, 3.05) is 0 Å². The molecule has 0 aliphatic carbocycles. The third kappa shape index (κ3) is 4.34. The lowest BCUT2D eigenvalue weighted by Gasteiger charge is -1.93. The van der Waals surface area contributed by atoms with E-state index >= 15 is 0 Å². The Morgan fingerprint density at radius 1 is 0.923 bits per heavy atom. The molecule has 2 aromatic heterocycles. The number of hydrogen-bond donors (Lipinski definition) is 0. The van der Waals surface area contributed by atoms with Gasteiger partial charge in [-0.05, 0) is 77.5 Å². The van der Waals surface area contributed by atoms with Crippen LogP contribution in [0.1, 0.15) is 11.1 Å². The lowest BCUT2D eigenvalue weighted by Crippen LogP contribution is -1.87. The molecule has 0 N–H and O–H groups in total. The number of halogens is 3. The molecule has 0 spiro atoms. The molecule has 0 saturated heterocycles. The molecule has 0 fully saturated rings. The van der Waals surface area contributed by atoms with Crippen molar-refractivity contribution in [3.05, 3.63) is 61.9 Å². The van der Waals surface area contributed by atoms with Crippen LogP contribution in [0.4, 0.5) is 0 Å². The summed E-state index contributed by atoms with van der Waals surface area (Å²) in [6.07, 6.45) is 0. The highest BCUT2D eigenvalue weighted by atomic mass is 79.9.